The van der Waals surface area contributed by atoms with Crippen LogP contribution in [0.3, 0.4) is 0 Å². The second-order valence-electron chi connectivity index (χ2n) is 3.46. The summed E-state index contributed by atoms with van der Waals surface area (Å²) in [7, 11) is 0. The molecule has 0 radical (unpaired) electrons. The van der Waals surface area contributed by atoms with Gasteiger partial charge in [0, 0.05) is 18.8 Å². The van der Waals surface area contributed by atoms with Crippen LogP contribution in [-0.4, -0.2) is 52.6 Å². The van der Waals surface area contributed by atoms with Gasteiger partial charge in [-0.3, -0.25) is 4.79 Å². The lowest BCUT2D eigenvalue weighted by molar-refractivity contribution is -0.138. The third kappa shape index (κ3) is 3.99. The molecule has 2 amide bonds. The normalized spacial score (nSPS) is 19.1. The number of urea groups is 1. The molecule has 0 spiro atoms. The van der Waals surface area contributed by atoms with Crippen molar-refractivity contribution in [3.05, 3.63) is 0 Å². The lowest BCUT2D eigenvalue weighted by Crippen LogP contribution is -2.47. The largest absolute Gasteiger partial charge is 0.480 e. The zero-order chi connectivity index (χ0) is 11.3. The van der Waals surface area contributed by atoms with Gasteiger partial charge in [-0.05, 0) is 19.1 Å². The number of nitrogens with zero attached hydrogens (tertiary/aromatic N) is 1. The van der Waals surface area contributed by atoms with Gasteiger partial charge >= 0.3 is 12.0 Å². The van der Waals surface area contributed by atoms with Gasteiger partial charge in [0.1, 0.15) is 6.04 Å². The first-order valence-corrected chi connectivity index (χ1v) is 6.12. The minimum Gasteiger partial charge on any atom is -0.480 e. The molecule has 1 heterocycles. The Morgan fingerprint density at radius 1 is 1.40 bits per heavy atom. The van der Waals surface area contributed by atoms with Crippen molar-refractivity contribution in [2.75, 3.05) is 24.6 Å². The standard InChI is InChI=1S/C9H16N2O3S/c1-7(8(12)13)10-9(14)11-3-2-5-15-6-4-11/h7H,2-6H2,1H3,(H,10,14)(H,12,13). The SMILES string of the molecule is CC(NC(=O)N1CCCSCC1)C(=O)O. The number of carbonyl (C=O) groups is 2. The van der Waals surface area contributed by atoms with Gasteiger partial charge in [0.2, 0.25) is 0 Å². The van der Waals surface area contributed by atoms with E-state index < -0.39 is 12.0 Å². The Bertz CT molecular complexity index is 240. The molecule has 15 heavy (non-hydrogen) atoms. The molecule has 1 aliphatic rings. The van der Waals surface area contributed by atoms with Crippen molar-refractivity contribution in [2.24, 2.45) is 0 Å². The second-order valence-corrected chi connectivity index (χ2v) is 4.69. The summed E-state index contributed by atoms with van der Waals surface area (Å²) in [5.41, 5.74) is 0. The van der Waals surface area contributed by atoms with Crippen LogP contribution in [0.25, 0.3) is 0 Å². The van der Waals surface area contributed by atoms with E-state index in [0.29, 0.717) is 13.1 Å². The van der Waals surface area contributed by atoms with Crippen molar-refractivity contribution in [2.45, 2.75) is 19.4 Å². The van der Waals surface area contributed by atoms with Crippen LogP contribution in [0.2, 0.25) is 0 Å². The molecular weight excluding hydrogens is 216 g/mol. The quantitative estimate of drug-likeness (QED) is 0.732. The molecule has 0 aromatic heterocycles. The molecule has 86 valence electrons. The number of nitrogens with one attached hydrogen (secondary N) is 1. The number of carboxylic acid groups (broad SMARTS) is 1. The number of carboxylic acids is 1. The molecule has 0 aromatic rings. The summed E-state index contributed by atoms with van der Waals surface area (Å²) in [6.07, 6.45) is 0.972. The van der Waals surface area contributed by atoms with Gasteiger partial charge < -0.3 is 15.3 Å². The van der Waals surface area contributed by atoms with Gasteiger partial charge in [-0.2, -0.15) is 11.8 Å². The summed E-state index contributed by atoms with van der Waals surface area (Å²) in [4.78, 5) is 23.8. The Hall–Kier alpha value is -0.910. The number of hydrogen-bond acceptors (Lipinski definition) is 3. The van der Waals surface area contributed by atoms with Crippen LogP contribution < -0.4 is 5.32 Å². The van der Waals surface area contributed by atoms with E-state index in [1.54, 1.807) is 4.90 Å². The number of thioether (sulfide) groups is 1. The monoisotopic (exact) mass is 232 g/mol. The predicted molar refractivity (Wildman–Crippen MR) is 59.1 cm³/mol. The highest BCUT2D eigenvalue weighted by Crippen LogP contribution is 2.09. The van der Waals surface area contributed by atoms with E-state index in [-0.39, 0.29) is 6.03 Å². The third-order valence-corrected chi connectivity index (χ3v) is 3.27. The lowest BCUT2D eigenvalue weighted by Gasteiger charge is -2.21. The zero-order valence-corrected chi connectivity index (χ0v) is 9.55. The summed E-state index contributed by atoms with van der Waals surface area (Å²) in [6, 6.07) is -1.10. The Balaban J connectivity index is 2.41. The molecule has 1 fully saturated rings. The Morgan fingerprint density at radius 3 is 2.80 bits per heavy atom. The molecule has 1 rings (SSSR count). The zero-order valence-electron chi connectivity index (χ0n) is 8.73. The maximum Gasteiger partial charge on any atom is 0.325 e. The molecule has 5 nitrogen and oxygen atoms in total. The van der Waals surface area contributed by atoms with Crippen LogP contribution >= 0.6 is 11.8 Å². The number of rotatable bonds is 2. The van der Waals surface area contributed by atoms with Crippen LogP contribution in [0.15, 0.2) is 0 Å². The first-order chi connectivity index (χ1) is 7.11. The fourth-order valence-electron chi connectivity index (χ4n) is 1.29. The van der Waals surface area contributed by atoms with Gasteiger partial charge in [-0.25, -0.2) is 4.79 Å². The minimum absolute atomic E-state index is 0.271. The van der Waals surface area contributed by atoms with E-state index >= 15 is 0 Å². The van der Waals surface area contributed by atoms with E-state index in [9.17, 15) is 9.59 Å². The van der Waals surface area contributed by atoms with Crippen molar-refractivity contribution < 1.29 is 14.7 Å². The molecule has 0 aromatic carbocycles. The molecule has 1 unspecified atom stereocenters. The van der Waals surface area contributed by atoms with Gasteiger partial charge in [-0.15, -0.1) is 0 Å². The van der Waals surface area contributed by atoms with E-state index in [1.807, 2.05) is 11.8 Å². The average Bonchev–Trinajstić information content (AvgIpc) is 2.45. The van der Waals surface area contributed by atoms with Crippen LogP contribution in [0.4, 0.5) is 4.79 Å². The number of aliphatic carboxylic acids is 1. The van der Waals surface area contributed by atoms with Crippen molar-refractivity contribution in [1.82, 2.24) is 10.2 Å². The number of hydrogen-bond donors (Lipinski definition) is 2. The summed E-state index contributed by atoms with van der Waals surface area (Å²) >= 11 is 1.82. The van der Waals surface area contributed by atoms with Crippen molar-refractivity contribution in [3.8, 4) is 0 Å². The van der Waals surface area contributed by atoms with E-state index in [2.05, 4.69) is 5.32 Å². The second kappa shape index (κ2) is 5.85. The van der Waals surface area contributed by atoms with Crippen LogP contribution in [0.5, 0.6) is 0 Å². The summed E-state index contributed by atoms with van der Waals surface area (Å²) in [5, 5.41) is 11.1. The Morgan fingerprint density at radius 2 is 2.13 bits per heavy atom. The summed E-state index contributed by atoms with van der Waals surface area (Å²) in [6.45, 7) is 2.88. The smallest absolute Gasteiger partial charge is 0.325 e. The topological polar surface area (TPSA) is 69.6 Å². The maximum atomic E-state index is 11.6. The molecule has 0 bridgehead atoms. The first kappa shape index (κ1) is 12.2. The van der Waals surface area contributed by atoms with Gasteiger partial charge in [0.25, 0.3) is 0 Å². The fourth-order valence-corrected chi connectivity index (χ4v) is 2.17. The maximum absolute atomic E-state index is 11.6. The molecule has 0 saturated carbocycles. The van der Waals surface area contributed by atoms with E-state index in [0.717, 1.165) is 17.9 Å². The van der Waals surface area contributed by atoms with E-state index in [4.69, 9.17) is 5.11 Å². The summed E-state index contributed by atoms with van der Waals surface area (Å²) in [5.74, 6) is 0.986. The highest BCUT2D eigenvalue weighted by Gasteiger charge is 2.19. The molecule has 0 aliphatic carbocycles. The number of amides is 2. The van der Waals surface area contributed by atoms with Crippen molar-refractivity contribution in [3.63, 3.8) is 0 Å². The van der Waals surface area contributed by atoms with Crippen LogP contribution in [0.1, 0.15) is 13.3 Å². The van der Waals surface area contributed by atoms with Crippen LogP contribution in [-0.2, 0) is 4.79 Å². The number of carbonyl (C=O) groups excluding carboxylic acids is 1. The molecular formula is C9H16N2O3S. The lowest BCUT2D eigenvalue weighted by atomic mass is 10.3. The van der Waals surface area contributed by atoms with Gasteiger partial charge in [-0.1, -0.05) is 0 Å². The third-order valence-electron chi connectivity index (χ3n) is 2.22. The summed E-state index contributed by atoms with van der Waals surface area (Å²) < 4.78 is 0. The Kier molecular flexibility index (Phi) is 4.74. The predicted octanol–water partition coefficient (Wildman–Crippen LogP) is 0.608. The van der Waals surface area contributed by atoms with Crippen molar-refractivity contribution >= 4 is 23.8 Å². The van der Waals surface area contributed by atoms with E-state index in [1.165, 1.54) is 6.92 Å². The van der Waals surface area contributed by atoms with Crippen molar-refractivity contribution in [1.29, 1.82) is 0 Å². The fraction of sp³-hybridized carbons (Fsp3) is 0.778. The molecule has 1 aliphatic heterocycles. The average molecular weight is 232 g/mol. The van der Waals surface area contributed by atoms with Gasteiger partial charge in [0.05, 0.1) is 0 Å². The molecule has 1 saturated heterocycles. The Labute approximate surface area is 93.2 Å². The highest BCUT2D eigenvalue weighted by molar-refractivity contribution is 7.99. The molecule has 2 N–H and O–H groups in total. The first-order valence-electron chi connectivity index (χ1n) is 4.97. The highest BCUT2D eigenvalue weighted by atomic mass is 32.2. The molecule has 6 heteroatoms. The van der Waals surface area contributed by atoms with Gasteiger partial charge in [0.15, 0.2) is 0 Å². The minimum atomic E-state index is -1.01. The van der Waals surface area contributed by atoms with Crippen LogP contribution in [0, 0.1) is 0 Å². The molecule has 1 atom stereocenters.